The van der Waals surface area contributed by atoms with Crippen molar-refractivity contribution in [1.29, 1.82) is 0 Å². The zero-order valence-electron chi connectivity index (χ0n) is 7.13. The third-order valence-electron chi connectivity index (χ3n) is 1.81. The Bertz CT molecular complexity index is 323. The summed E-state index contributed by atoms with van der Waals surface area (Å²) < 4.78 is 1.01. The molecule has 0 saturated heterocycles. The number of hydrogen-bond donors (Lipinski definition) is 0. The van der Waals surface area contributed by atoms with Gasteiger partial charge in [0, 0.05) is 18.3 Å². The number of nitrogens with zero attached hydrogens (tertiary/aromatic N) is 1. The van der Waals surface area contributed by atoms with E-state index in [1.54, 1.807) is 0 Å². The maximum atomic E-state index is 7.04. The van der Waals surface area contributed by atoms with Crippen LogP contribution >= 0.6 is 15.9 Å². The van der Waals surface area contributed by atoms with Gasteiger partial charge in [-0.3, -0.25) is 0 Å². The summed E-state index contributed by atoms with van der Waals surface area (Å²) in [7, 11) is 0. The summed E-state index contributed by atoms with van der Waals surface area (Å²) >= 11 is 3.43. The number of benzene rings is 1. The summed E-state index contributed by atoms with van der Waals surface area (Å²) in [5.41, 5.74) is 0.611. The van der Waals surface area contributed by atoms with E-state index in [9.17, 15) is 0 Å². The Morgan fingerprint density at radius 2 is 1.92 bits per heavy atom. The van der Waals surface area contributed by atoms with Gasteiger partial charge in [0.15, 0.2) is 0 Å². The van der Waals surface area contributed by atoms with Crippen molar-refractivity contribution in [1.82, 2.24) is 0 Å². The van der Waals surface area contributed by atoms with Crippen LogP contribution in [0.2, 0.25) is 0 Å². The second-order valence-electron chi connectivity index (χ2n) is 3.15. The normalized spacial score (nSPS) is 10.8. The number of rotatable bonds is 1. The van der Waals surface area contributed by atoms with Crippen molar-refractivity contribution in [2.45, 2.75) is 19.4 Å². The van der Waals surface area contributed by atoms with Crippen LogP contribution < -0.4 is 0 Å². The Kier molecular flexibility index (Phi) is 2.54. The standard InChI is InChI=1S/C10H10BrN/c1-10(2,12-3)8-6-4-5-7-9(8)11/h4-7H,1-2H3. The van der Waals surface area contributed by atoms with Gasteiger partial charge in [-0.25, -0.2) is 6.57 Å². The van der Waals surface area contributed by atoms with Gasteiger partial charge in [0.2, 0.25) is 0 Å². The molecule has 1 aromatic carbocycles. The maximum absolute atomic E-state index is 7.04. The van der Waals surface area contributed by atoms with Crippen LogP contribution in [0.4, 0.5) is 0 Å². The SMILES string of the molecule is [C-]#[N+]C(C)(C)c1ccccc1Br. The van der Waals surface area contributed by atoms with Gasteiger partial charge < -0.3 is 4.85 Å². The molecule has 0 aromatic heterocycles. The molecule has 0 N–H and O–H groups in total. The van der Waals surface area contributed by atoms with Crippen molar-refractivity contribution >= 4 is 15.9 Å². The summed E-state index contributed by atoms with van der Waals surface area (Å²) in [6, 6.07) is 7.84. The molecule has 0 heterocycles. The Balaban J connectivity index is 3.22. The quantitative estimate of drug-likeness (QED) is 0.642. The molecule has 62 valence electrons. The lowest BCUT2D eigenvalue weighted by Crippen LogP contribution is -2.11. The first kappa shape index (κ1) is 9.28. The minimum atomic E-state index is -0.430. The summed E-state index contributed by atoms with van der Waals surface area (Å²) in [6.45, 7) is 10.9. The second-order valence-corrected chi connectivity index (χ2v) is 4.01. The van der Waals surface area contributed by atoms with E-state index in [4.69, 9.17) is 6.57 Å². The predicted octanol–water partition coefficient (Wildman–Crippen LogP) is 3.60. The van der Waals surface area contributed by atoms with E-state index in [0.717, 1.165) is 10.0 Å². The molecule has 1 nitrogen and oxygen atoms in total. The summed E-state index contributed by atoms with van der Waals surface area (Å²) in [5.74, 6) is 0. The first-order valence-corrected chi connectivity index (χ1v) is 4.51. The fourth-order valence-electron chi connectivity index (χ4n) is 1.02. The van der Waals surface area contributed by atoms with Gasteiger partial charge in [0.25, 0.3) is 5.54 Å². The van der Waals surface area contributed by atoms with Crippen molar-refractivity contribution < 1.29 is 0 Å². The first-order chi connectivity index (χ1) is 5.58. The van der Waals surface area contributed by atoms with Gasteiger partial charge in [-0.15, -0.1) is 0 Å². The molecule has 0 aliphatic carbocycles. The van der Waals surface area contributed by atoms with Gasteiger partial charge in [-0.2, -0.15) is 0 Å². The summed E-state index contributed by atoms with van der Waals surface area (Å²) in [5, 5.41) is 0. The zero-order chi connectivity index (χ0) is 9.19. The molecular weight excluding hydrogens is 214 g/mol. The van der Waals surface area contributed by atoms with Gasteiger partial charge in [0.05, 0.1) is 5.56 Å². The van der Waals surface area contributed by atoms with Crippen LogP contribution in [0.1, 0.15) is 19.4 Å². The smallest absolute Gasteiger partial charge is 0.253 e. The molecule has 1 aromatic rings. The monoisotopic (exact) mass is 223 g/mol. The van der Waals surface area contributed by atoms with Crippen LogP contribution in [0.15, 0.2) is 28.7 Å². The molecule has 0 unspecified atom stereocenters. The second kappa shape index (κ2) is 3.28. The zero-order valence-corrected chi connectivity index (χ0v) is 8.72. The maximum Gasteiger partial charge on any atom is 0.253 e. The van der Waals surface area contributed by atoms with E-state index in [2.05, 4.69) is 20.8 Å². The van der Waals surface area contributed by atoms with Crippen molar-refractivity contribution in [3.63, 3.8) is 0 Å². The molecule has 12 heavy (non-hydrogen) atoms. The van der Waals surface area contributed by atoms with Crippen LogP contribution in [0.25, 0.3) is 4.85 Å². The molecule has 0 saturated carbocycles. The van der Waals surface area contributed by atoms with Gasteiger partial charge >= 0.3 is 0 Å². The lowest BCUT2D eigenvalue weighted by Gasteiger charge is -2.12. The Morgan fingerprint density at radius 3 is 2.42 bits per heavy atom. The molecule has 1 rings (SSSR count). The van der Waals surface area contributed by atoms with Crippen LogP contribution in [-0.4, -0.2) is 0 Å². The topological polar surface area (TPSA) is 4.36 Å². The predicted molar refractivity (Wildman–Crippen MR) is 53.8 cm³/mol. The largest absolute Gasteiger partial charge is 0.306 e. The van der Waals surface area contributed by atoms with E-state index in [1.165, 1.54) is 0 Å². The molecule has 0 bridgehead atoms. The molecule has 0 aliphatic heterocycles. The van der Waals surface area contributed by atoms with Crippen molar-refractivity contribution in [2.75, 3.05) is 0 Å². The Labute approximate surface area is 81.4 Å². The lowest BCUT2D eigenvalue weighted by molar-refractivity contribution is 0.660. The molecule has 0 atom stereocenters. The number of halogens is 1. The van der Waals surface area contributed by atoms with Gasteiger partial charge in [-0.05, 0) is 12.1 Å². The minimum absolute atomic E-state index is 0.430. The molecule has 0 radical (unpaired) electrons. The van der Waals surface area contributed by atoms with E-state index in [-0.39, 0.29) is 0 Å². The molecule has 0 spiro atoms. The van der Waals surface area contributed by atoms with Gasteiger partial charge in [-0.1, -0.05) is 28.1 Å². The van der Waals surface area contributed by atoms with E-state index < -0.39 is 5.54 Å². The van der Waals surface area contributed by atoms with Crippen LogP contribution in [-0.2, 0) is 5.54 Å². The Hall–Kier alpha value is -0.810. The molecule has 0 aliphatic rings. The fourth-order valence-corrected chi connectivity index (χ4v) is 1.79. The lowest BCUT2D eigenvalue weighted by atomic mass is 9.96. The van der Waals surface area contributed by atoms with E-state index >= 15 is 0 Å². The highest BCUT2D eigenvalue weighted by Crippen LogP contribution is 2.30. The van der Waals surface area contributed by atoms with Crippen LogP contribution in [0.5, 0.6) is 0 Å². The Morgan fingerprint density at radius 1 is 1.33 bits per heavy atom. The fraction of sp³-hybridized carbons (Fsp3) is 0.300. The first-order valence-electron chi connectivity index (χ1n) is 3.71. The third kappa shape index (κ3) is 1.67. The van der Waals surface area contributed by atoms with E-state index in [1.807, 2.05) is 38.1 Å². The average molecular weight is 224 g/mol. The minimum Gasteiger partial charge on any atom is -0.306 e. The summed E-state index contributed by atoms with van der Waals surface area (Å²) in [4.78, 5) is 3.57. The van der Waals surface area contributed by atoms with Gasteiger partial charge in [0.1, 0.15) is 0 Å². The number of hydrogen-bond acceptors (Lipinski definition) is 0. The highest BCUT2D eigenvalue weighted by atomic mass is 79.9. The highest BCUT2D eigenvalue weighted by molar-refractivity contribution is 9.10. The van der Waals surface area contributed by atoms with Crippen LogP contribution in [0, 0.1) is 6.57 Å². The highest BCUT2D eigenvalue weighted by Gasteiger charge is 2.27. The molecular formula is C10H10BrN. The summed E-state index contributed by atoms with van der Waals surface area (Å²) in [6.07, 6.45) is 0. The van der Waals surface area contributed by atoms with E-state index in [0.29, 0.717) is 0 Å². The third-order valence-corrected chi connectivity index (χ3v) is 2.50. The van der Waals surface area contributed by atoms with Crippen LogP contribution in [0.3, 0.4) is 0 Å². The molecule has 2 heteroatoms. The molecule has 0 fully saturated rings. The van der Waals surface area contributed by atoms with Crippen molar-refractivity contribution in [3.8, 4) is 0 Å². The molecule has 0 amide bonds. The average Bonchev–Trinajstić information content (AvgIpc) is 2.05. The van der Waals surface area contributed by atoms with Crippen molar-refractivity contribution in [3.05, 3.63) is 45.7 Å². The van der Waals surface area contributed by atoms with Crippen molar-refractivity contribution in [2.24, 2.45) is 0 Å².